The number of carboxylic acids is 1. The highest BCUT2D eigenvalue weighted by Gasteiger charge is 2.04. The van der Waals surface area contributed by atoms with E-state index in [9.17, 15) is 4.79 Å². The Morgan fingerprint density at radius 2 is 2.07 bits per heavy atom. The molecule has 0 aliphatic rings. The Bertz CT molecular complexity index is 368. The third-order valence-electron chi connectivity index (χ3n) is 1.88. The minimum atomic E-state index is -0.914. The highest BCUT2D eigenvalue weighted by molar-refractivity contribution is 9.09. The van der Waals surface area contributed by atoms with Gasteiger partial charge in [0.2, 0.25) is 0 Å². The number of hydrogen-bond acceptors (Lipinski definition) is 2. The van der Waals surface area contributed by atoms with E-state index in [1.165, 1.54) is 0 Å². The smallest absolute Gasteiger partial charge is 0.332 e. The second kappa shape index (κ2) is 5.56. The van der Waals surface area contributed by atoms with Gasteiger partial charge in [0, 0.05) is 10.9 Å². The van der Waals surface area contributed by atoms with Crippen LogP contribution in [-0.2, 0) is 4.79 Å². The van der Waals surface area contributed by atoms with Crippen molar-refractivity contribution in [3.63, 3.8) is 0 Å². The molecule has 1 aromatic rings. The van der Waals surface area contributed by atoms with Crippen molar-refractivity contribution in [3.8, 4) is 5.75 Å². The van der Waals surface area contributed by atoms with Crippen LogP contribution in [0.2, 0.25) is 0 Å². The molecule has 15 heavy (non-hydrogen) atoms. The van der Waals surface area contributed by atoms with Gasteiger partial charge in [0.1, 0.15) is 5.75 Å². The first-order valence-corrected chi connectivity index (χ1v) is 5.43. The number of carboxylic acid groups (broad SMARTS) is 1. The zero-order chi connectivity index (χ0) is 11.3. The molecule has 0 radical (unpaired) electrons. The van der Waals surface area contributed by atoms with Crippen molar-refractivity contribution >= 4 is 28.0 Å². The molecule has 0 unspecified atom stereocenters. The Labute approximate surface area is 96.5 Å². The van der Waals surface area contributed by atoms with E-state index in [1.807, 2.05) is 12.1 Å². The predicted molar refractivity (Wildman–Crippen MR) is 62.4 cm³/mol. The van der Waals surface area contributed by atoms with E-state index >= 15 is 0 Å². The zero-order valence-corrected chi connectivity index (χ0v) is 9.82. The van der Waals surface area contributed by atoms with Gasteiger partial charge in [0.25, 0.3) is 0 Å². The number of benzene rings is 1. The normalized spacial score (nSPS) is 11.2. The van der Waals surface area contributed by atoms with Crippen LogP contribution in [0.5, 0.6) is 5.75 Å². The van der Waals surface area contributed by atoms with E-state index in [0.717, 1.165) is 11.3 Å². The summed E-state index contributed by atoms with van der Waals surface area (Å²) < 4.78 is 5.00. The van der Waals surface area contributed by atoms with Gasteiger partial charge in [0.05, 0.1) is 7.11 Å². The summed E-state index contributed by atoms with van der Waals surface area (Å²) in [5.41, 5.74) is 1.16. The summed E-state index contributed by atoms with van der Waals surface area (Å²) in [6.45, 7) is 0. The molecule has 0 fully saturated rings. The fraction of sp³-hybridized carbons (Fsp3) is 0.182. The molecule has 4 heteroatoms. The minimum absolute atomic E-state index is 0.320. The highest BCUT2D eigenvalue weighted by Crippen LogP contribution is 2.14. The molecule has 1 aromatic carbocycles. The van der Waals surface area contributed by atoms with Crippen molar-refractivity contribution in [2.45, 2.75) is 0 Å². The lowest BCUT2D eigenvalue weighted by Crippen LogP contribution is -2.00. The number of hydrogen-bond donors (Lipinski definition) is 1. The second-order valence-corrected chi connectivity index (χ2v) is 3.44. The molecular weight excluding hydrogens is 260 g/mol. The Morgan fingerprint density at radius 1 is 1.47 bits per heavy atom. The Morgan fingerprint density at radius 3 is 2.47 bits per heavy atom. The molecule has 0 aliphatic carbocycles. The van der Waals surface area contributed by atoms with Crippen molar-refractivity contribution < 1.29 is 14.6 Å². The van der Waals surface area contributed by atoms with E-state index in [-0.39, 0.29) is 0 Å². The number of rotatable bonds is 4. The van der Waals surface area contributed by atoms with Crippen LogP contribution >= 0.6 is 15.9 Å². The number of methoxy groups -OCH3 is 1. The number of halogens is 1. The topological polar surface area (TPSA) is 46.5 Å². The van der Waals surface area contributed by atoms with Crippen molar-refractivity contribution in [2.75, 3.05) is 12.4 Å². The second-order valence-electron chi connectivity index (χ2n) is 2.88. The fourth-order valence-corrected chi connectivity index (χ4v) is 1.46. The molecule has 1 rings (SSSR count). The van der Waals surface area contributed by atoms with Crippen LogP contribution < -0.4 is 4.74 Å². The maximum Gasteiger partial charge on any atom is 0.332 e. The number of carbonyl (C=O) groups is 1. The first-order valence-electron chi connectivity index (χ1n) is 4.31. The van der Waals surface area contributed by atoms with Crippen LogP contribution in [0.1, 0.15) is 5.56 Å². The van der Waals surface area contributed by atoms with Crippen LogP contribution in [0.3, 0.4) is 0 Å². The fourth-order valence-electron chi connectivity index (χ4n) is 1.06. The molecule has 0 atom stereocenters. The third kappa shape index (κ3) is 3.40. The summed E-state index contributed by atoms with van der Waals surface area (Å²) in [5, 5.41) is 9.14. The van der Waals surface area contributed by atoms with Gasteiger partial charge in [-0.25, -0.2) is 4.79 Å². The average molecular weight is 271 g/mol. The van der Waals surface area contributed by atoms with E-state index in [2.05, 4.69) is 15.9 Å². The molecule has 1 N–H and O–H groups in total. The van der Waals surface area contributed by atoms with E-state index < -0.39 is 5.97 Å². The molecular formula is C11H11BrO3. The molecule has 80 valence electrons. The Balaban J connectivity index is 2.92. The summed E-state index contributed by atoms with van der Waals surface area (Å²) in [6.07, 6.45) is 1.62. The van der Waals surface area contributed by atoms with Crippen molar-refractivity contribution in [3.05, 3.63) is 35.4 Å². The van der Waals surface area contributed by atoms with Gasteiger partial charge in [-0.05, 0) is 23.8 Å². The van der Waals surface area contributed by atoms with Crippen LogP contribution in [0.4, 0.5) is 0 Å². The zero-order valence-electron chi connectivity index (χ0n) is 8.24. The van der Waals surface area contributed by atoms with Gasteiger partial charge in [-0.15, -0.1) is 0 Å². The van der Waals surface area contributed by atoms with Gasteiger partial charge in [-0.1, -0.05) is 28.1 Å². The molecule has 0 saturated carbocycles. The van der Waals surface area contributed by atoms with Gasteiger partial charge in [-0.3, -0.25) is 0 Å². The summed E-state index contributed by atoms with van der Waals surface area (Å²) >= 11 is 3.13. The summed E-state index contributed by atoms with van der Waals surface area (Å²) in [7, 11) is 1.59. The maximum absolute atomic E-state index is 10.7. The Hall–Kier alpha value is -1.29. The van der Waals surface area contributed by atoms with E-state index in [1.54, 1.807) is 25.3 Å². The van der Waals surface area contributed by atoms with Crippen molar-refractivity contribution in [2.24, 2.45) is 0 Å². The lowest BCUT2D eigenvalue weighted by Gasteiger charge is -2.00. The lowest BCUT2D eigenvalue weighted by molar-refractivity contribution is -0.132. The number of alkyl halides is 1. The highest BCUT2D eigenvalue weighted by atomic mass is 79.9. The van der Waals surface area contributed by atoms with Crippen LogP contribution in [0.25, 0.3) is 6.08 Å². The molecule has 0 amide bonds. The standard InChI is InChI=1S/C11H11BrO3/c1-15-10-4-2-8(3-5-10)6-9(7-12)11(13)14/h2-6H,7H2,1H3,(H,13,14)/b9-6+. The molecule has 3 nitrogen and oxygen atoms in total. The quantitative estimate of drug-likeness (QED) is 0.676. The first kappa shape index (κ1) is 11.8. The molecule has 0 aliphatic heterocycles. The first-order chi connectivity index (χ1) is 7.17. The number of aliphatic carboxylic acids is 1. The van der Waals surface area contributed by atoms with E-state index in [4.69, 9.17) is 9.84 Å². The minimum Gasteiger partial charge on any atom is -0.497 e. The van der Waals surface area contributed by atoms with Crippen LogP contribution in [-0.4, -0.2) is 23.5 Å². The molecule has 0 saturated heterocycles. The SMILES string of the molecule is COc1ccc(/C=C(\CBr)C(=O)O)cc1. The summed E-state index contributed by atoms with van der Waals surface area (Å²) in [6, 6.07) is 7.20. The largest absolute Gasteiger partial charge is 0.497 e. The van der Waals surface area contributed by atoms with Crippen LogP contribution in [0.15, 0.2) is 29.8 Å². The lowest BCUT2D eigenvalue weighted by atomic mass is 10.1. The predicted octanol–water partition coefficient (Wildman–Crippen LogP) is 2.56. The molecule has 0 heterocycles. The monoisotopic (exact) mass is 270 g/mol. The van der Waals surface area contributed by atoms with Gasteiger partial charge in [0.15, 0.2) is 0 Å². The van der Waals surface area contributed by atoms with Gasteiger partial charge < -0.3 is 9.84 Å². The number of ether oxygens (including phenoxy) is 1. The maximum atomic E-state index is 10.7. The van der Waals surface area contributed by atoms with Crippen molar-refractivity contribution in [1.29, 1.82) is 0 Å². The van der Waals surface area contributed by atoms with Crippen LogP contribution in [0, 0.1) is 0 Å². The Kier molecular flexibility index (Phi) is 4.37. The average Bonchev–Trinajstić information content (AvgIpc) is 2.26. The van der Waals surface area contributed by atoms with E-state index in [0.29, 0.717) is 10.9 Å². The third-order valence-corrected chi connectivity index (χ3v) is 2.48. The van der Waals surface area contributed by atoms with Gasteiger partial charge in [-0.2, -0.15) is 0 Å². The molecule has 0 spiro atoms. The van der Waals surface area contributed by atoms with Gasteiger partial charge >= 0.3 is 5.97 Å². The summed E-state index contributed by atoms with van der Waals surface area (Å²) in [4.78, 5) is 10.7. The molecule has 0 bridgehead atoms. The van der Waals surface area contributed by atoms with Crippen molar-refractivity contribution in [1.82, 2.24) is 0 Å². The summed E-state index contributed by atoms with van der Waals surface area (Å²) in [5.74, 6) is -0.162. The molecule has 0 aromatic heterocycles.